The largest absolute Gasteiger partial charge is 0.497 e. The summed E-state index contributed by atoms with van der Waals surface area (Å²) in [5.41, 5.74) is 2.41. The first-order chi connectivity index (χ1) is 12.7. The molecule has 7 heteroatoms. The number of rotatable bonds is 7. The molecule has 7 nitrogen and oxygen atoms in total. The van der Waals surface area contributed by atoms with Crippen molar-refractivity contribution in [2.45, 2.75) is 6.54 Å². The minimum atomic E-state index is 0.415. The zero-order valence-corrected chi connectivity index (χ0v) is 15.2. The highest BCUT2D eigenvalue weighted by Crippen LogP contribution is 2.28. The Kier molecular flexibility index (Phi) is 5.26. The highest BCUT2D eigenvalue weighted by atomic mass is 16.5. The molecule has 0 saturated heterocycles. The van der Waals surface area contributed by atoms with Crippen LogP contribution in [0.1, 0.15) is 5.56 Å². The van der Waals surface area contributed by atoms with Gasteiger partial charge in [-0.1, -0.05) is 0 Å². The molecule has 0 fully saturated rings. The van der Waals surface area contributed by atoms with Gasteiger partial charge in [-0.05, 0) is 24.3 Å². The monoisotopic (exact) mass is 355 g/mol. The third-order valence-electron chi connectivity index (χ3n) is 3.97. The molecule has 0 saturated carbocycles. The number of aromatic nitrogens is 2. The second-order valence-corrected chi connectivity index (χ2v) is 5.47. The van der Waals surface area contributed by atoms with Gasteiger partial charge >= 0.3 is 0 Å². The number of nitrogens with one attached hydrogen (secondary N) is 1. The fourth-order valence-corrected chi connectivity index (χ4v) is 2.58. The van der Waals surface area contributed by atoms with Crippen molar-refractivity contribution in [3.63, 3.8) is 0 Å². The minimum absolute atomic E-state index is 0.415. The fraction of sp³-hybridized carbons (Fsp3) is 0.263. The number of anilines is 1. The van der Waals surface area contributed by atoms with Crippen LogP contribution in [0.3, 0.4) is 0 Å². The lowest BCUT2D eigenvalue weighted by Gasteiger charge is -2.13. The number of benzene rings is 2. The van der Waals surface area contributed by atoms with E-state index >= 15 is 0 Å². The minimum Gasteiger partial charge on any atom is -0.497 e. The summed E-state index contributed by atoms with van der Waals surface area (Å²) in [5.74, 6) is 3.16. The van der Waals surface area contributed by atoms with Gasteiger partial charge < -0.3 is 24.3 Å². The summed E-state index contributed by atoms with van der Waals surface area (Å²) in [7, 11) is 6.43. The predicted molar refractivity (Wildman–Crippen MR) is 99.5 cm³/mol. The SMILES string of the molecule is COc1ccc(CNc2nc3ccc(OC)cc3nc2OC)c(OC)c1. The van der Waals surface area contributed by atoms with Gasteiger partial charge in [0, 0.05) is 24.2 Å². The van der Waals surface area contributed by atoms with Crippen molar-refractivity contribution in [3.8, 4) is 23.1 Å². The highest BCUT2D eigenvalue weighted by molar-refractivity contribution is 5.79. The smallest absolute Gasteiger partial charge is 0.257 e. The molecule has 0 aliphatic carbocycles. The third-order valence-corrected chi connectivity index (χ3v) is 3.97. The highest BCUT2D eigenvalue weighted by Gasteiger charge is 2.12. The number of ether oxygens (including phenoxy) is 4. The van der Waals surface area contributed by atoms with E-state index in [-0.39, 0.29) is 0 Å². The summed E-state index contributed by atoms with van der Waals surface area (Å²) in [6.07, 6.45) is 0. The maximum Gasteiger partial charge on any atom is 0.257 e. The van der Waals surface area contributed by atoms with Crippen LogP contribution in [-0.2, 0) is 6.54 Å². The van der Waals surface area contributed by atoms with Gasteiger partial charge in [0.2, 0.25) is 0 Å². The first-order valence-electron chi connectivity index (χ1n) is 8.03. The molecule has 0 aliphatic heterocycles. The normalized spacial score (nSPS) is 10.5. The first kappa shape index (κ1) is 17.6. The van der Waals surface area contributed by atoms with Crippen molar-refractivity contribution in [3.05, 3.63) is 42.0 Å². The average Bonchev–Trinajstić information content (AvgIpc) is 2.70. The van der Waals surface area contributed by atoms with E-state index in [1.807, 2.05) is 36.4 Å². The van der Waals surface area contributed by atoms with Gasteiger partial charge in [-0.2, -0.15) is 0 Å². The van der Waals surface area contributed by atoms with Crippen molar-refractivity contribution >= 4 is 16.9 Å². The second kappa shape index (κ2) is 7.77. The Morgan fingerprint density at radius 2 is 1.50 bits per heavy atom. The van der Waals surface area contributed by atoms with Crippen LogP contribution in [0.5, 0.6) is 23.1 Å². The number of hydrogen-bond acceptors (Lipinski definition) is 7. The Labute approximate surface area is 151 Å². The zero-order valence-electron chi connectivity index (χ0n) is 15.2. The van der Waals surface area contributed by atoms with E-state index < -0.39 is 0 Å². The summed E-state index contributed by atoms with van der Waals surface area (Å²) in [4.78, 5) is 9.11. The molecule has 0 radical (unpaired) electrons. The van der Waals surface area contributed by atoms with Crippen molar-refractivity contribution in [2.24, 2.45) is 0 Å². The van der Waals surface area contributed by atoms with E-state index in [0.29, 0.717) is 23.8 Å². The molecule has 136 valence electrons. The number of nitrogens with zero attached hydrogens (tertiary/aromatic N) is 2. The Hall–Kier alpha value is -3.22. The maximum absolute atomic E-state index is 5.43. The maximum atomic E-state index is 5.43. The number of hydrogen-bond donors (Lipinski definition) is 1. The van der Waals surface area contributed by atoms with E-state index in [4.69, 9.17) is 18.9 Å². The Morgan fingerprint density at radius 3 is 2.19 bits per heavy atom. The van der Waals surface area contributed by atoms with Crippen molar-refractivity contribution < 1.29 is 18.9 Å². The second-order valence-electron chi connectivity index (χ2n) is 5.47. The van der Waals surface area contributed by atoms with E-state index in [1.54, 1.807) is 28.4 Å². The summed E-state index contributed by atoms with van der Waals surface area (Å²) in [6, 6.07) is 11.2. The topological polar surface area (TPSA) is 74.7 Å². The van der Waals surface area contributed by atoms with Gasteiger partial charge in [0.1, 0.15) is 17.2 Å². The molecule has 1 N–H and O–H groups in total. The molecule has 0 spiro atoms. The predicted octanol–water partition coefficient (Wildman–Crippen LogP) is 3.28. The molecule has 3 aromatic rings. The fourth-order valence-electron chi connectivity index (χ4n) is 2.58. The lowest BCUT2D eigenvalue weighted by Crippen LogP contribution is -2.06. The molecule has 0 bridgehead atoms. The van der Waals surface area contributed by atoms with Crippen LogP contribution in [0.2, 0.25) is 0 Å². The molecule has 1 heterocycles. The number of fused-ring (bicyclic) bond motifs is 1. The third kappa shape index (κ3) is 3.56. The molecular formula is C19H21N3O4. The first-order valence-corrected chi connectivity index (χ1v) is 8.03. The van der Waals surface area contributed by atoms with Gasteiger partial charge in [0.15, 0.2) is 5.82 Å². The van der Waals surface area contributed by atoms with Crippen molar-refractivity contribution in [1.82, 2.24) is 9.97 Å². The summed E-state index contributed by atoms with van der Waals surface area (Å²) in [5, 5.41) is 3.26. The van der Waals surface area contributed by atoms with Crippen LogP contribution < -0.4 is 24.3 Å². The zero-order chi connectivity index (χ0) is 18.5. The molecule has 3 rings (SSSR count). The van der Waals surface area contributed by atoms with Gasteiger partial charge in [-0.15, -0.1) is 0 Å². The van der Waals surface area contributed by atoms with Crippen LogP contribution >= 0.6 is 0 Å². The Balaban J connectivity index is 1.88. The van der Waals surface area contributed by atoms with Crippen LogP contribution in [0, 0.1) is 0 Å². The summed E-state index contributed by atoms with van der Waals surface area (Å²) < 4.78 is 21.3. The molecule has 0 atom stereocenters. The molecule has 2 aromatic carbocycles. The summed E-state index contributed by atoms with van der Waals surface area (Å²) in [6.45, 7) is 0.500. The molecule has 0 unspecified atom stereocenters. The van der Waals surface area contributed by atoms with Crippen molar-refractivity contribution in [1.29, 1.82) is 0 Å². The van der Waals surface area contributed by atoms with Gasteiger partial charge in [-0.3, -0.25) is 0 Å². The standard InChI is InChI=1S/C19H21N3O4/c1-23-13-7-8-15-16(9-13)22-19(26-4)18(21-15)20-11-12-5-6-14(24-2)10-17(12)25-3/h5-10H,11H2,1-4H3,(H,20,21). The van der Waals surface area contributed by atoms with Crippen LogP contribution in [0.25, 0.3) is 11.0 Å². The van der Waals surface area contributed by atoms with Crippen LogP contribution in [-0.4, -0.2) is 38.4 Å². The molecular weight excluding hydrogens is 334 g/mol. The van der Waals surface area contributed by atoms with E-state index in [2.05, 4.69) is 15.3 Å². The van der Waals surface area contributed by atoms with Crippen LogP contribution in [0.4, 0.5) is 5.82 Å². The molecule has 26 heavy (non-hydrogen) atoms. The van der Waals surface area contributed by atoms with Crippen molar-refractivity contribution in [2.75, 3.05) is 33.8 Å². The molecule has 0 amide bonds. The Morgan fingerprint density at radius 1 is 0.769 bits per heavy atom. The Bertz CT molecular complexity index is 915. The van der Waals surface area contributed by atoms with E-state index in [1.165, 1.54) is 0 Å². The quantitative estimate of drug-likeness (QED) is 0.697. The lowest BCUT2D eigenvalue weighted by molar-refractivity contribution is 0.391. The number of methoxy groups -OCH3 is 4. The molecule has 0 aliphatic rings. The van der Waals surface area contributed by atoms with E-state index in [9.17, 15) is 0 Å². The van der Waals surface area contributed by atoms with Gasteiger partial charge in [0.05, 0.1) is 39.5 Å². The molecule has 1 aromatic heterocycles. The summed E-state index contributed by atoms with van der Waals surface area (Å²) >= 11 is 0. The van der Waals surface area contributed by atoms with E-state index in [0.717, 1.165) is 28.3 Å². The van der Waals surface area contributed by atoms with Crippen LogP contribution in [0.15, 0.2) is 36.4 Å². The average molecular weight is 355 g/mol. The van der Waals surface area contributed by atoms with Gasteiger partial charge in [0.25, 0.3) is 5.88 Å². The lowest BCUT2D eigenvalue weighted by atomic mass is 10.2. The van der Waals surface area contributed by atoms with Gasteiger partial charge in [-0.25, -0.2) is 9.97 Å².